The van der Waals surface area contributed by atoms with Gasteiger partial charge in [-0.1, -0.05) is 42.5 Å². The molecule has 5 rings (SSSR count). The summed E-state index contributed by atoms with van der Waals surface area (Å²) in [6, 6.07) is 25.7. The van der Waals surface area contributed by atoms with Crippen molar-refractivity contribution in [2.24, 2.45) is 0 Å². The summed E-state index contributed by atoms with van der Waals surface area (Å²) >= 11 is 0. The number of hydrogen-bond acceptors (Lipinski definition) is 3. The zero-order chi connectivity index (χ0) is 19.1. The van der Waals surface area contributed by atoms with E-state index in [2.05, 4.69) is 33.4 Å². The number of ether oxygens (including phenoxy) is 1. The summed E-state index contributed by atoms with van der Waals surface area (Å²) in [5.74, 6) is 0.477. The second-order valence-corrected chi connectivity index (χ2v) is 6.52. The van der Waals surface area contributed by atoms with Gasteiger partial charge < -0.3 is 4.74 Å². The van der Waals surface area contributed by atoms with Crippen molar-refractivity contribution < 1.29 is 9.53 Å². The average molecular weight is 367 g/mol. The number of hydrogen-bond donors (Lipinski definition) is 0. The Morgan fingerprint density at radius 1 is 0.893 bits per heavy atom. The fraction of sp³-hybridized carbons (Fsp3) is 0.0435. The quantitative estimate of drug-likeness (QED) is 0.433. The van der Waals surface area contributed by atoms with Crippen LogP contribution in [0.4, 0.5) is 0 Å². The van der Waals surface area contributed by atoms with Crippen molar-refractivity contribution >= 4 is 22.8 Å². The van der Waals surface area contributed by atoms with Gasteiger partial charge in [0.05, 0.1) is 29.4 Å². The first-order valence-electron chi connectivity index (χ1n) is 8.99. The normalized spacial score (nSPS) is 11.2. The minimum absolute atomic E-state index is 0.348. The van der Waals surface area contributed by atoms with Crippen LogP contribution in [-0.4, -0.2) is 27.0 Å². The number of methoxy groups -OCH3 is 1. The third-order valence-corrected chi connectivity index (χ3v) is 4.89. The molecule has 0 saturated heterocycles. The summed E-state index contributed by atoms with van der Waals surface area (Å²) in [5, 5.41) is 0. The highest BCUT2D eigenvalue weighted by Gasteiger charge is 2.17. The molecule has 3 aromatic carbocycles. The Balaban J connectivity index is 1.78. The third-order valence-electron chi connectivity index (χ3n) is 4.89. The fourth-order valence-electron chi connectivity index (χ4n) is 3.54. The number of esters is 1. The smallest absolute Gasteiger partial charge is 0.337 e. The molecule has 0 unspecified atom stereocenters. The van der Waals surface area contributed by atoms with Crippen LogP contribution in [0.1, 0.15) is 10.4 Å². The maximum absolute atomic E-state index is 11.8. The van der Waals surface area contributed by atoms with Gasteiger partial charge in [0.25, 0.3) is 0 Å². The lowest BCUT2D eigenvalue weighted by molar-refractivity contribution is 0.0601. The van der Waals surface area contributed by atoms with Crippen LogP contribution in [0.3, 0.4) is 0 Å². The molecule has 136 valence electrons. The van der Waals surface area contributed by atoms with E-state index in [1.165, 1.54) is 7.11 Å². The minimum Gasteiger partial charge on any atom is -0.465 e. The van der Waals surface area contributed by atoms with Crippen molar-refractivity contribution in [3.63, 3.8) is 0 Å². The van der Waals surface area contributed by atoms with Crippen molar-refractivity contribution in [3.05, 3.63) is 90.6 Å². The summed E-state index contributed by atoms with van der Waals surface area (Å²) < 4.78 is 9.02. The number of benzene rings is 3. The Morgan fingerprint density at radius 3 is 2.36 bits per heavy atom. The molecule has 0 aliphatic rings. The van der Waals surface area contributed by atoms with Crippen LogP contribution >= 0.6 is 0 Å². The number of fused-ring (bicyclic) bond motifs is 3. The van der Waals surface area contributed by atoms with Gasteiger partial charge in [-0.2, -0.15) is 0 Å². The predicted octanol–water partition coefficient (Wildman–Crippen LogP) is 4.73. The summed E-state index contributed by atoms with van der Waals surface area (Å²) in [5.41, 5.74) is 5.56. The van der Waals surface area contributed by atoms with Crippen LogP contribution in [0.25, 0.3) is 33.8 Å². The molecule has 5 nitrogen and oxygen atoms in total. The van der Waals surface area contributed by atoms with E-state index in [1.807, 2.05) is 48.5 Å². The standard InChI is InChI=1S/C23H17N3O2/c1-28-22(27)17-11-13-18(14-12-17)26-21(16-7-3-2-4-8-16)15-25-20-10-6-5-9-19(20)24-23(25)26/h2-15H,1H3. The molecule has 0 saturated carbocycles. The zero-order valence-electron chi connectivity index (χ0n) is 15.2. The highest BCUT2D eigenvalue weighted by Crippen LogP contribution is 2.29. The first kappa shape index (κ1) is 16.3. The van der Waals surface area contributed by atoms with Crippen LogP contribution < -0.4 is 0 Å². The predicted molar refractivity (Wildman–Crippen MR) is 109 cm³/mol. The number of carbonyl (C=O) groups excluding carboxylic acids is 1. The zero-order valence-corrected chi connectivity index (χ0v) is 15.2. The van der Waals surface area contributed by atoms with Crippen LogP contribution in [0.2, 0.25) is 0 Å². The van der Waals surface area contributed by atoms with E-state index in [1.54, 1.807) is 12.1 Å². The van der Waals surface area contributed by atoms with Crippen molar-refractivity contribution in [3.8, 4) is 16.9 Å². The van der Waals surface area contributed by atoms with Gasteiger partial charge in [0.2, 0.25) is 5.78 Å². The van der Waals surface area contributed by atoms with Crippen molar-refractivity contribution in [2.45, 2.75) is 0 Å². The minimum atomic E-state index is -0.348. The van der Waals surface area contributed by atoms with Gasteiger partial charge in [0.15, 0.2) is 0 Å². The first-order chi connectivity index (χ1) is 13.8. The Labute approximate surface area is 161 Å². The molecule has 0 N–H and O–H groups in total. The van der Waals surface area contributed by atoms with Crippen LogP contribution in [0.5, 0.6) is 0 Å². The lowest BCUT2D eigenvalue weighted by atomic mass is 10.1. The molecule has 0 fully saturated rings. The molecule has 2 aromatic heterocycles. The van der Waals surface area contributed by atoms with Crippen molar-refractivity contribution in [1.29, 1.82) is 0 Å². The largest absolute Gasteiger partial charge is 0.465 e. The van der Waals surface area contributed by atoms with Gasteiger partial charge in [0.1, 0.15) is 0 Å². The van der Waals surface area contributed by atoms with E-state index in [0.717, 1.165) is 33.8 Å². The molecule has 0 radical (unpaired) electrons. The van der Waals surface area contributed by atoms with Crippen LogP contribution in [0, 0.1) is 0 Å². The second-order valence-electron chi connectivity index (χ2n) is 6.52. The highest BCUT2D eigenvalue weighted by atomic mass is 16.5. The maximum atomic E-state index is 11.8. The Morgan fingerprint density at radius 2 is 1.61 bits per heavy atom. The summed E-state index contributed by atoms with van der Waals surface area (Å²) in [6.07, 6.45) is 2.11. The van der Waals surface area contributed by atoms with Gasteiger partial charge in [0, 0.05) is 17.4 Å². The molecule has 5 aromatic rings. The highest BCUT2D eigenvalue weighted by molar-refractivity contribution is 5.89. The molecule has 28 heavy (non-hydrogen) atoms. The molecule has 0 aliphatic heterocycles. The molecule has 0 amide bonds. The number of aromatic nitrogens is 3. The van der Waals surface area contributed by atoms with E-state index in [-0.39, 0.29) is 5.97 Å². The first-order valence-corrected chi connectivity index (χ1v) is 8.99. The number of imidazole rings is 2. The maximum Gasteiger partial charge on any atom is 0.337 e. The van der Waals surface area contributed by atoms with E-state index in [0.29, 0.717) is 5.56 Å². The van der Waals surface area contributed by atoms with E-state index in [9.17, 15) is 4.79 Å². The Hall–Kier alpha value is -3.86. The van der Waals surface area contributed by atoms with Gasteiger partial charge in [-0.15, -0.1) is 0 Å². The number of para-hydroxylation sites is 2. The molecular weight excluding hydrogens is 350 g/mol. The van der Waals surface area contributed by atoms with E-state index >= 15 is 0 Å². The lowest BCUT2D eigenvalue weighted by Crippen LogP contribution is -2.02. The van der Waals surface area contributed by atoms with Crippen molar-refractivity contribution in [2.75, 3.05) is 7.11 Å². The number of carbonyl (C=O) groups is 1. The number of rotatable bonds is 3. The van der Waals surface area contributed by atoms with Crippen molar-refractivity contribution in [1.82, 2.24) is 14.0 Å². The third kappa shape index (κ3) is 2.48. The fourth-order valence-corrected chi connectivity index (χ4v) is 3.54. The van der Waals surface area contributed by atoms with E-state index < -0.39 is 0 Å². The van der Waals surface area contributed by atoms with Crippen LogP contribution in [0.15, 0.2) is 85.1 Å². The monoisotopic (exact) mass is 367 g/mol. The molecular formula is C23H17N3O2. The lowest BCUT2D eigenvalue weighted by Gasteiger charge is -2.09. The Kier molecular flexibility index (Phi) is 3.72. The molecule has 0 aliphatic carbocycles. The van der Waals surface area contributed by atoms with Gasteiger partial charge in [-0.25, -0.2) is 9.78 Å². The average Bonchev–Trinajstić information content (AvgIpc) is 3.30. The summed E-state index contributed by atoms with van der Waals surface area (Å²) in [7, 11) is 1.38. The van der Waals surface area contributed by atoms with Gasteiger partial charge in [-0.05, 0) is 36.4 Å². The Bertz CT molecular complexity index is 1300. The number of nitrogens with zero attached hydrogens (tertiary/aromatic N) is 3. The molecule has 2 heterocycles. The van der Waals surface area contributed by atoms with Gasteiger partial charge in [-0.3, -0.25) is 8.97 Å². The molecule has 5 heteroatoms. The molecule has 0 spiro atoms. The molecule has 0 bridgehead atoms. The SMILES string of the molecule is COC(=O)c1ccc(-n2c(-c3ccccc3)cn3c4ccccc4nc23)cc1. The molecule has 0 atom stereocenters. The summed E-state index contributed by atoms with van der Waals surface area (Å²) in [4.78, 5) is 16.6. The second kappa shape index (κ2) is 6.39. The van der Waals surface area contributed by atoms with E-state index in [4.69, 9.17) is 9.72 Å². The topological polar surface area (TPSA) is 48.5 Å². The van der Waals surface area contributed by atoms with Crippen LogP contribution in [-0.2, 0) is 4.74 Å². The van der Waals surface area contributed by atoms with Gasteiger partial charge >= 0.3 is 5.97 Å². The summed E-state index contributed by atoms with van der Waals surface area (Å²) in [6.45, 7) is 0.